The van der Waals surface area contributed by atoms with E-state index in [2.05, 4.69) is 0 Å². The van der Waals surface area contributed by atoms with Gasteiger partial charge in [-0.1, -0.05) is 17.7 Å². The number of nitrogens with zero attached hydrogens (tertiary/aromatic N) is 1. The molecule has 8 heteroatoms. The monoisotopic (exact) mass is 435 g/mol. The fourth-order valence-electron chi connectivity index (χ4n) is 2.77. The Kier molecular flexibility index (Phi) is 6.82. The van der Waals surface area contributed by atoms with Crippen molar-refractivity contribution in [2.45, 2.75) is 20.4 Å². The molecule has 3 rings (SSSR count). The topological polar surface area (TPSA) is 55.8 Å². The summed E-state index contributed by atoms with van der Waals surface area (Å²) in [7, 11) is 0. The standard InChI is InChI=1S/C21H19ClFNO4S/c1-3-27-16-8-6-13(18(11-16)28-4-2)9-19-20(25)24(21(26)29-19)12-14-5-7-15(23)10-17(14)22/h5-11H,3-4,12H2,1-2H3/b19-9+. The molecule has 0 saturated carbocycles. The van der Waals surface area contributed by atoms with E-state index in [1.807, 2.05) is 13.8 Å². The van der Waals surface area contributed by atoms with Crippen LogP contribution in [0.15, 0.2) is 41.3 Å². The van der Waals surface area contributed by atoms with Crippen molar-refractivity contribution in [1.29, 1.82) is 0 Å². The largest absolute Gasteiger partial charge is 0.494 e. The van der Waals surface area contributed by atoms with Gasteiger partial charge in [0.1, 0.15) is 17.3 Å². The summed E-state index contributed by atoms with van der Waals surface area (Å²) in [5, 5.41) is -0.247. The number of halogens is 2. The van der Waals surface area contributed by atoms with Gasteiger partial charge in [0.2, 0.25) is 0 Å². The zero-order valence-electron chi connectivity index (χ0n) is 15.9. The molecule has 29 heavy (non-hydrogen) atoms. The average molecular weight is 436 g/mol. The van der Waals surface area contributed by atoms with Gasteiger partial charge in [0.05, 0.1) is 24.7 Å². The van der Waals surface area contributed by atoms with Gasteiger partial charge in [0.25, 0.3) is 11.1 Å². The fourth-order valence-corrected chi connectivity index (χ4v) is 3.82. The second-order valence-electron chi connectivity index (χ2n) is 6.07. The van der Waals surface area contributed by atoms with E-state index in [0.717, 1.165) is 22.7 Å². The maximum Gasteiger partial charge on any atom is 0.293 e. The second kappa shape index (κ2) is 9.33. The number of ether oxygens (including phenoxy) is 2. The van der Waals surface area contributed by atoms with E-state index in [4.69, 9.17) is 21.1 Å². The molecule has 0 aromatic heterocycles. The van der Waals surface area contributed by atoms with Crippen molar-refractivity contribution in [3.63, 3.8) is 0 Å². The summed E-state index contributed by atoms with van der Waals surface area (Å²) >= 11 is 6.87. The molecule has 1 heterocycles. The minimum Gasteiger partial charge on any atom is -0.494 e. The third kappa shape index (κ3) is 4.92. The Balaban J connectivity index is 1.86. The van der Waals surface area contributed by atoms with Crippen LogP contribution in [-0.4, -0.2) is 29.3 Å². The molecule has 1 saturated heterocycles. The van der Waals surface area contributed by atoms with Crippen molar-refractivity contribution >= 4 is 40.6 Å². The molecule has 0 atom stereocenters. The summed E-state index contributed by atoms with van der Waals surface area (Å²) in [5.41, 5.74) is 1.16. The van der Waals surface area contributed by atoms with E-state index in [1.165, 1.54) is 12.1 Å². The normalized spacial score (nSPS) is 15.3. The van der Waals surface area contributed by atoms with Gasteiger partial charge >= 0.3 is 0 Å². The molecular weight excluding hydrogens is 417 g/mol. The maximum atomic E-state index is 13.2. The number of carbonyl (C=O) groups excluding carboxylic acids is 2. The zero-order valence-corrected chi connectivity index (χ0v) is 17.5. The Morgan fingerprint density at radius 3 is 2.55 bits per heavy atom. The molecule has 0 aliphatic carbocycles. The lowest BCUT2D eigenvalue weighted by Crippen LogP contribution is -2.27. The van der Waals surface area contributed by atoms with Crippen LogP contribution in [0.25, 0.3) is 6.08 Å². The first-order valence-corrected chi connectivity index (χ1v) is 10.2. The van der Waals surface area contributed by atoms with Crippen LogP contribution in [0.4, 0.5) is 9.18 Å². The average Bonchev–Trinajstić information content (AvgIpc) is 2.93. The minimum atomic E-state index is -0.480. The first-order valence-electron chi connectivity index (χ1n) is 9.01. The van der Waals surface area contributed by atoms with Gasteiger partial charge < -0.3 is 9.47 Å². The first-order chi connectivity index (χ1) is 13.9. The highest BCUT2D eigenvalue weighted by Gasteiger charge is 2.35. The van der Waals surface area contributed by atoms with Crippen LogP contribution in [0, 0.1) is 5.82 Å². The molecule has 2 aromatic rings. The molecule has 1 aliphatic rings. The number of imide groups is 1. The van der Waals surface area contributed by atoms with E-state index in [0.29, 0.717) is 35.8 Å². The molecule has 5 nitrogen and oxygen atoms in total. The highest BCUT2D eigenvalue weighted by atomic mass is 35.5. The quantitative estimate of drug-likeness (QED) is 0.536. The van der Waals surface area contributed by atoms with Crippen LogP contribution in [0.3, 0.4) is 0 Å². The molecule has 0 spiro atoms. The molecule has 0 unspecified atom stereocenters. The van der Waals surface area contributed by atoms with Crippen LogP contribution >= 0.6 is 23.4 Å². The van der Waals surface area contributed by atoms with E-state index in [-0.39, 0.29) is 16.5 Å². The number of rotatable bonds is 7. The molecule has 2 amide bonds. The third-order valence-electron chi connectivity index (χ3n) is 4.10. The summed E-state index contributed by atoms with van der Waals surface area (Å²) in [6.45, 7) is 4.69. The number of hydrogen-bond donors (Lipinski definition) is 0. The Hall–Kier alpha value is -2.51. The van der Waals surface area contributed by atoms with Gasteiger partial charge in [-0.3, -0.25) is 14.5 Å². The number of benzene rings is 2. The van der Waals surface area contributed by atoms with Crippen LogP contribution in [-0.2, 0) is 11.3 Å². The maximum absolute atomic E-state index is 13.2. The first kappa shape index (κ1) is 21.2. The van der Waals surface area contributed by atoms with E-state index in [1.54, 1.807) is 24.3 Å². The van der Waals surface area contributed by atoms with Crippen molar-refractivity contribution < 1.29 is 23.5 Å². The minimum absolute atomic E-state index is 0.0251. The lowest BCUT2D eigenvalue weighted by molar-refractivity contribution is -0.123. The van der Waals surface area contributed by atoms with Crippen LogP contribution in [0.2, 0.25) is 5.02 Å². The Labute approximate surface area is 177 Å². The van der Waals surface area contributed by atoms with Crippen LogP contribution < -0.4 is 9.47 Å². The van der Waals surface area contributed by atoms with Gasteiger partial charge in [0.15, 0.2) is 0 Å². The molecule has 0 radical (unpaired) electrons. The zero-order chi connectivity index (χ0) is 21.0. The highest BCUT2D eigenvalue weighted by molar-refractivity contribution is 8.18. The number of amides is 2. The smallest absolute Gasteiger partial charge is 0.293 e. The molecule has 2 aromatic carbocycles. The highest BCUT2D eigenvalue weighted by Crippen LogP contribution is 2.36. The molecular formula is C21H19ClFNO4S. The van der Waals surface area contributed by atoms with Gasteiger partial charge in [-0.05, 0) is 61.5 Å². The predicted octanol–water partition coefficient (Wildman–Crippen LogP) is 5.51. The summed E-state index contributed by atoms with van der Waals surface area (Å²) < 4.78 is 24.4. The van der Waals surface area contributed by atoms with Crippen molar-refractivity contribution in [2.75, 3.05) is 13.2 Å². The number of hydrogen-bond acceptors (Lipinski definition) is 5. The summed E-state index contributed by atoms with van der Waals surface area (Å²) in [4.78, 5) is 26.5. The van der Waals surface area contributed by atoms with Crippen molar-refractivity contribution in [2.24, 2.45) is 0 Å². The Morgan fingerprint density at radius 2 is 1.86 bits per heavy atom. The van der Waals surface area contributed by atoms with E-state index >= 15 is 0 Å². The fraction of sp³-hybridized carbons (Fsp3) is 0.238. The lowest BCUT2D eigenvalue weighted by atomic mass is 10.1. The third-order valence-corrected chi connectivity index (χ3v) is 5.36. The lowest BCUT2D eigenvalue weighted by Gasteiger charge is -2.13. The van der Waals surface area contributed by atoms with Crippen molar-refractivity contribution in [3.8, 4) is 11.5 Å². The molecule has 0 N–H and O–H groups in total. The molecule has 152 valence electrons. The molecule has 0 bridgehead atoms. The van der Waals surface area contributed by atoms with Crippen LogP contribution in [0.1, 0.15) is 25.0 Å². The second-order valence-corrected chi connectivity index (χ2v) is 7.47. The number of carbonyl (C=O) groups is 2. The summed E-state index contributed by atoms with van der Waals surface area (Å²) in [6.07, 6.45) is 1.62. The van der Waals surface area contributed by atoms with Gasteiger partial charge in [-0.2, -0.15) is 0 Å². The Morgan fingerprint density at radius 1 is 1.10 bits per heavy atom. The van der Waals surface area contributed by atoms with Crippen molar-refractivity contribution in [3.05, 3.63) is 63.3 Å². The SMILES string of the molecule is CCOc1ccc(/C=C2/SC(=O)N(Cc3ccc(F)cc3Cl)C2=O)c(OCC)c1. The van der Waals surface area contributed by atoms with Crippen LogP contribution in [0.5, 0.6) is 11.5 Å². The van der Waals surface area contributed by atoms with Gasteiger partial charge in [0, 0.05) is 16.7 Å². The number of thioether (sulfide) groups is 1. The summed E-state index contributed by atoms with van der Waals surface area (Å²) in [5.74, 6) is 0.308. The summed E-state index contributed by atoms with van der Waals surface area (Å²) in [6, 6.07) is 9.16. The van der Waals surface area contributed by atoms with Gasteiger partial charge in [-0.25, -0.2) is 4.39 Å². The van der Waals surface area contributed by atoms with Crippen molar-refractivity contribution in [1.82, 2.24) is 4.90 Å². The molecule has 1 fully saturated rings. The molecule has 1 aliphatic heterocycles. The van der Waals surface area contributed by atoms with E-state index in [9.17, 15) is 14.0 Å². The Bertz CT molecular complexity index is 979. The van der Waals surface area contributed by atoms with E-state index < -0.39 is 17.0 Å². The van der Waals surface area contributed by atoms with Gasteiger partial charge in [-0.15, -0.1) is 0 Å². The predicted molar refractivity (Wildman–Crippen MR) is 112 cm³/mol.